The molecule has 0 saturated carbocycles. The molecule has 2 atom stereocenters. The second-order valence-corrected chi connectivity index (χ2v) is 10.3. The number of carboxylic acid groups (broad SMARTS) is 1. The van der Waals surface area contributed by atoms with Gasteiger partial charge in [-0.1, -0.05) is 42.5 Å². The van der Waals surface area contributed by atoms with Gasteiger partial charge in [0.25, 0.3) is 0 Å². The van der Waals surface area contributed by atoms with Gasteiger partial charge in [-0.25, -0.2) is 13.2 Å². The van der Waals surface area contributed by atoms with Gasteiger partial charge >= 0.3 is 5.97 Å². The molecular weight excluding hydrogens is 434 g/mol. The molecule has 0 bridgehead atoms. The lowest BCUT2D eigenvalue weighted by Gasteiger charge is -2.24. The summed E-state index contributed by atoms with van der Waals surface area (Å²) in [4.78, 5) is 11.4. The molecule has 3 aromatic carbocycles. The highest BCUT2D eigenvalue weighted by molar-refractivity contribution is 7.89. The van der Waals surface area contributed by atoms with E-state index >= 15 is 0 Å². The van der Waals surface area contributed by atoms with Crippen molar-refractivity contribution in [2.75, 3.05) is 13.2 Å². The zero-order valence-corrected chi connectivity index (χ0v) is 18.4. The zero-order chi connectivity index (χ0) is 22.0. The average Bonchev–Trinajstić information content (AvgIpc) is 3.15. The lowest BCUT2D eigenvalue weighted by Crippen LogP contribution is -2.38. The first kappa shape index (κ1) is 21.8. The first-order valence-corrected chi connectivity index (χ1v) is 11.9. The van der Waals surface area contributed by atoms with E-state index in [9.17, 15) is 13.2 Å². The van der Waals surface area contributed by atoms with Crippen molar-refractivity contribution in [2.24, 2.45) is 0 Å². The highest BCUT2D eigenvalue weighted by Crippen LogP contribution is 2.30. The van der Waals surface area contributed by atoms with Crippen LogP contribution in [0.3, 0.4) is 0 Å². The lowest BCUT2D eigenvalue weighted by molar-refractivity contribution is 0.0695. The molecule has 0 radical (unpaired) electrons. The van der Waals surface area contributed by atoms with Crippen molar-refractivity contribution < 1.29 is 23.1 Å². The Morgan fingerprint density at radius 3 is 2.61 bits per heavy atom. The van der Waals surface area contributed by atoms with Crippen LogP contribution in [0, 0.1) is 0 Å². The van der Waals surface area contributed by atoms with E-state index in [0.717, 1.165) is 16.3 Å². The number of rotatable bonds is 7. The van der Waals surface area contributed by atoms with Gasteiger partial charge in [-0.15, -0.1) is 0 Å². The lowest BCUT2D eigenvalue weighted by atomic mass is 10.1. The summed E-state index contributed by atoms with van der Waals surface area (Å²) >= 11 is 4.52. The van der Waals surface area contributed by atoms with Gasteiger partial charge in [-0.05, 0) is 47.0 Å². The quantitative estimate of drug-likeness (QED) is 0.527. The summed E-state index contributed by atoms with van der Waals surface area (Å²) < 4.78 is 34.0. The second-order valence-electron chi connectivity index (χ2n) is 7.65. The highest BCUT2D eigenvalue weighted by atomic mass is 32.2. The molecule has 1 aliphatic rings. The van der Waals surface area contributed by atoms with Gasteiger partial charge in [0, 0.05) is 17.8 Å². The molecule has 31 heavy (non-hydrogen) atoms. The molecule has 0 aromatic heterocycles. The molecule has 0 amide bonds. The van der Waals surface area contributed by atoms with Crippen LogP contribution in [-0.2, 0) is 21.4 Å². The molecule has 1 fully saturated rings. The summed E-state index contributed by atoms with van der Waals surface area (Å²) in [5.74, 6) is -0.997. The van der Waals surface area contributed by atoms with Crippen molar-refractivity contribution in [2.45, 2.75) is 29.2 Å². The second kappa shape index (κ2) is 9.00. The van der Waals surface area contributed by atoms with Crippen molar-refractivity contribution in [1.29, 1.82) is 0 Å². The summed E-state index contributed by atoms with van der Waals surface area (Å²) in [6, 6.07) is 19.0. The van der Waals surface area contributed by atoms with Crippen molar-refractivity contribution in [3.8, 4) is 0 Å². The molecular formula is C23H23NO5S2. The molecule has 6 nitrogen and oxygen atoms in total. The molecule has 3 aromatic rings. The zero-order valence-electron chi connectivity index (χ0n) is 16.7. The Balaban J connectivity index is 1.49. The van der Waals surface area contributed by atoms with Gasteiger partial charge in [0.15, 0.2) is 0 Å². The van der Waals surface area contributed by atoms with Crippen molar-refractivity contribution in [3.63, 3.8) is 0 Å². The Bertz CT molecular complexity index is 1210. The van der Waals surface area contributed by atoms with Crippen molar-refractivity contribution >= 4 is 39.4 Å². The van der Waals surface area contributed by atoms with Crippen LogP contribution in [0.25, 0.3) is 10.8 Å². The molecule has 162 valence electrons. The maximum Gasteiger partial charge on any atom is 0.335 e. The van der Waals surface area contributed by atoms with Crippen LogP contribution >= 0.6 is 12.6 Å². The van der Waals surface area contributed by atoms with E-state index in [-0.39, 0.29) is 35.0 Å². The number of hydrogen-bond donors (Lipinski definition) is 2. The van der Waals surface area contributed by atoms with Gasteiger partial charge in [0.2, 0.25) is 10.0 Å². The first-order valence-electron chi connectivity index (χ1n) is 9.93. The van der Waals surface area contributed by atoms with E-state index in [1.807, 2.05) is 30.3 Å². The minimum absolute atomic E-state index is 0.0702. The van der Waals surface area contributed by atoms with Gasteiger partial charge < -0.3 is 9.84 Å². The Labute approximate surface area is 186 Å². The van der Waals surface area contributed by atoms with E-state index in [4.69, 9.17) is 9.84 Å². The molecule has 1 saturated heterocycles. The number of carbonyl (C=O) groups is 1. The number of fused-ring (bicyclic) bond motifs is 1. The monoisotopic (exact) mass is 457 g/mol. The Morgan fingerprint density at radius 2 is 1.84 bits per heavy atom. The summed E-state index contributed by atoms with van der Waals surface area (Å²) in [6.45, 7) is 0.737. The van der Waals surface area contributed by atoms with Crippen molar-refractivity contribution in [1.82, 2.24) is 4.31 Å². The third-order valence-corrected chi connectivity index (χ3v) is 7.71. The predicted octanol–water partition coefficient (Wildman–Crippen LogP) is 3.82. The number of thiol groups is 1. The third-order valence-electron chi connectivity index (χ3n) is 5.42. The number of sulfonamides is 1. The van der Waals surface area contributed by atoms with E-state index in [1.165, 1.54) is 10.4 Å². The maximum absolute atomic E-state index is 13.4. The molecule has 0 spiro atoms. The number of aromatic carboxylic acids is 1. The standard InChI is InChI=1S/C23H23NO5S2/c25-23(26)19-7-3-4-16(10-19)14-29-15-20-12-21(30)13-24(20)31(27,28)22-9-8-17-5-1-2-6-18(17)11-22/h1-11,20-21,30H,12-15H2,(H,25,26)/t20-,21-/m0/s1. The number of hydrogen-bond acceptors (Lipinski definition) is 5. The third kappa shape index (κ3) is 4.77. The van der Waals surface area contributed by atoms with Crippen LogP contribution in [0.4, 0.5) is 0 Å². The van der Waals surface area contributed by atoms with Gasteiger partial charge in [0.05, 0.1) is 23.7 Å². The van der Waals surface area contributed by atoms with Crippen LogP contribution in [0.15, 0.2) is 71.6 Å². The Morgan fingerprint density at radius 1 is 1.06 bits per heavy atom. The van der Waals surface area contributed by atoms with Crippen LogP contribution in [0.2, 0.25) is 0 Å². The molecule has 8 heteroatoms. The largest absolute Gasteiger partial charge is 0.478 e. The Kier molecular flexibility index (Phi) is 6.34. The number of nitrogens with zero attached hydrogens (tertiary/aromatic N) is 1. The van der Waals surface area contributed by atoms with E-state index in [0.29, 0.717) is 13.0 Å². The Hall–Kier alpha value is -2.39. The minimum Gasteiger partial charge on any atom is -0.478 e. The molecule has 1 aliphatic heterocycles. The molecule has 0 unspecified atom stereocenters. The van der Waals surface area contributed by atoms with Crippen LogP contribution in [-0.4, -0.2) is 48.2 Å². The van der Waals surface area contributed by atoms with Gasteiger partial charge in [0.1, 0.15) is 0 Å². The highest BCUT2D eigenvalue weighted by Gasteiger charge is 2.39. The van der Waals surface area contributed by atoms with Crippen LogP contribution in [0.1, 0.15) is 22.3 Å². The topological polar surface area (TPSA) is 83.9 Å². The van der Waals surface area contributed by atoms with Crippen LogP contribution < -0.4 is 0 Å². The summed E-state index contributed by atoms with van der Waals surface area (Å²) in [7, 11) is -3.70. The SMILES string of the molecule is O=C(O)c1cccc(COC[C@@H]2C[C@H](S)CN2S(=O)(=O)c2ccc3ccccc3c2)c1. The fourth-order valence-electron chi connectivity index (χ4n) is 3.88. The predicted molar refractivity (Wildman–Crippen MR) is 122 cm³/mol. The molecule has 1 heterocycles. The fourth-order valence-corrected chi connectivity index (χ4v) is 6.11. The van der Waals surface area contributed by atoms with Gasteiger partial charge in [-0.2, -0.15) is 16.9 Å². The number of ether oxygens (including phenoxy) is 1. The first-order chi connectivity index (χ1) is 14.8. The molecule has 0 aliphatic carbocycles. The summed E-state index contributed by atoms with van der Waals surface area (Å²) in [5, 5.41) is 10.9. The summed E-state index contributed by atoms with van der Waals surface area (Å²) in [5.41, 5.74) is 0.919. The van der Waals surface area contributed by atoms with E-state index in [1.54, 1.807) is 30.3 Å². The van der Waals surface area contributed by atoms with Gasteiger partial charge in [-0.3, -0.25) is 0 Å². The van der Waals surface area contributed by atoms with E-state index < -0.39 is 16.0 Å². The number of benzene rings is 3. The molecule has 1 N–H and O–H groups in total. The van der Waals surface area contributed by atoms with E-state index in [2.05, 4.69) is 12.6 Å². The fraction of sp³-hybridized carbons (Fsp3) is 0.261. The summed E-state index contributed by atoms with van der Waals surface area (Å²) in [6.07, 6.45) is 0.588. The number of carboxylic acids is 1. The maximum atomic E-state index is 13.4. The average molecular weight is 458 g/mol. The minimum atomic E-state index is -3.70. The van der Waals surface area contributed by atoms with Crippen molar-refractivity contribution in [3.05, 3.63) is 77.9 Å². The normalized spacial score (nSPS) is 19.6. The van der Waals surface area contributed by atoms with Crippen LogP contribution in [0.5, 0.6) is 0 Å². The smallest absolute Gasteiger partial charge is 0.335 e. The molecule has 4 rings (SSSR count).